The maximum Gasteiger partial charge on any atom is 0.272 e. The summed E-state index contributed by atoms with van der Waals surface area (Å²) in [6.45, 7) is 0.256. The molecule has 3 heterocycles. The fourth-order valence-corrected chi connectivity index (χ4v) is 4.34. The van der Waals surface area contributed by atoms with Crippen molar-refractivity contribution in [3.8, 4) is 5.75 Å². The first-order valence-electron chi connectivity index (χ1n) is 8.71. The van der Waals surface area contributed by atoms with Crippen LogP contribution in [0, 0.1) is 0 Å². The highest BCUT2D eigenvalue weighted by atomic mass is 32.2. The molecule has 0 aliphatic carbocycles. The molecule has 4 aromatic rings. The number of rotatable bonds is 7. The van der Waals surface area contributed by atoms with Crippen molar-refractivity contribution in [3.63, 3.8) is 0 Å². The number of hydrogen-bond donors (Lipinski definition) is 1. The second kappa shape index (κ2) is 8.54. The van der Waals surface area contributed by atoms with Crippen molar-refractivity contribution in [2.45, 2.75) is 11.7 Å². The lowest BCUT2D eigenvalue weighted by molar-refractivity contribution is -0.113. The van der Waals surface area contributed by atoms with E-state index in [2.05, 4.69) is 10.3 Å². The normalized spacial score (nSPS) is 10.9. The first kappa shape index (κ1) is 19.3. The van der Waals surface area contributed by atoms with Crippen molar-refractivity contribution >= 4 is 44.9 Å². The average Bonchev–Trinajstić information content (AvgIpc) is 3.41. The van der Waals surface area contributed by atoms with E-state index in [-0.39, 0.29) is 23.8 Å². The molecule has 0 spiro atoms. The molecule has 0 unspecified atom stereocenters. The molecule has 3 aromatic heterocycles. The molecule has 0 atom stereocenters. The number of methoxy groups -OCH3 is 1. The van der Waals surface area contributed by atoms with E-state index in [4.69, 9.17) is 9.15 Å². The molecule has 1 aromatic carbocycles. The van der Waals surface area contributed by atoms with Gasteiger partial charge >= 0.3 is 0 Å². The summed E-state index contributed by atoms with van der Waals surface area (Å²) in [6.07, 6.45) is 1.56. The Morgan fingerprint density at radius 3 is 3.00 bits per heavy atom. The van der Waals surface area contributed by atoms with Gasteiger partial charge in [0.05, 0.1) is 31.2 Å². The Hall–Kier alpha value is -3.04. The molecular formula is C20H17N3O4S2. The van der Waals surface area contributed by atoms with E-state index in [1.807, 2.05) is 5.38 Å². The standard InChI is InChI=1S/C20H17N3O4S2/c1-26-14-5-2-4-13(10-14)21-17(24)12-29-20-22-16-7-9-28-18(16)19(25)23(20)11-15-6-3-8-27-15/h2-10H,11-12H2,1H3,(H,21,24). The number of hydrogen-bond acceptors (Lipinski definition) is 7. The zero-order valence-electron chi connectivity index (χ0n) is 15.5. The van der Waals surface area contributed by atoms with Crippen LogP contribution in [0.15, 0.2) is 68.5 Å². The van der Waals surface area contributed by atoms with Gasteiger partial charge in [-0.3, -0.25) is 14.2 Å². The highest BCUT2D eigenvalue weighted by Gasteiger charge is 2.15. The van der Waals surface area contributed by atoms with Crippen LogP contribution >= 0.6 is 23.1 Å². The second-order valence-corrected chi connectivity index (χ2v) is 7.93. The van der Waals surface area contributed by atoms with Crippen LogP contribution in [0.4, 0.5) is 5.69 Å². The molecule has 4 rings (SSSR count). The van der Waals surface area contributed by atoms with Gasteiger partial charge in [-0.15, -0.1) is 11.3 Å². The Kier molecular flexibility index (Phi) is 5.68. The van der Waals surface area contributed by atoms with Crippen LogP contribution in [0.25, 0.3) is 10.2 Å². The van der Waals surface area contributed by atoms with Gasteiger partial charge in [0.2, 0.25) is 5.91 Å². The van der Waals surface area contributed by atoms with Crippen molar-refractivity contribution in [1.29, 1.82) is 0 Å². The first-order valence-corrected chi connectivity index (χ1v) is 10.6. The number of amides is 1. The van der Waals surface area contributed by atoms with Gasteiger partial charge in [-0.05, 0) is 35.7 Å². The summed E-state index contributed by atoms with van der Waals surface area (Å²) in [4.78, 5) is 29.9. The molecule has 148 valence electrons. The second-order valence-electron chi connectivity index (χ2n) is 6.07. The molecule has 0 saturated carbocycles. The zero-order chi connectivity index (χ0) is 20.2. The summed E-state index contributed by atoms with van der Waals surface area (Å²) < 4.78 is 12.7. The van der Waals surface area contributed by atoms with Crippen molar-refractivity contribution in [1.82, 2.24) is 9.55 Å². The number of aromatic nitrogens is 2. The molecule has 1 N–H and O–H groups in total. The number of ether oxygens (including phenoxy) is 1. The number of thioether (sulfide) groups is 1. The smallest absolute Gasteiger partial charge is 0.272 e. The molecule has 7 nitrogen and oxygen atoms in total. The largest absolute Gasteiger partial charge is 0.497 e. The number of fused-ring (bicyclic) bond motifs is 1. The van der Waals surface area contributed by atoms with Crippen LogP contribution in [0.3, 0.4) is 0 Å². The number of furan rings is 1. The number of nitrogens with zero attached hydrogens (tertiary/aromatic N) is 2. The van der Waals surface area contributed by atoms with E-state index in [0.29, 0.717) is 32.6 Å². The van der Waals surface area contributed by atoms with Gasteiger partial charge in [-0.1, -0.05) is 17.8 Å². The molecule has 0 saturated heterocycles. The number of nitrogens with one attached hydrogen (secondary N) is 1. The molecule has 0 bridgehead atoms. The summed E-state index contributed by atoms with van der Waals surface area (Å²) in [5.74, 6) is 1.21. The molecule has 0 fully saturated rings. The van der Waals surface area contributed by atoms with Gasteiger partial charge in [0.25, 0.3) is 5.56 Å². The Labute approximate surface area is 174 Å². The minimum absolute atomic E-state index is 0.109. The van der Waals surface area contributed by atoms with Crippen LogP contribution in [0.1, 0.15) is 5.76 Å². The monoisotopic (exact) mass is 427 g/mol. The minimum Gasteiger partial charge on any atom is -0.497 e. The summed E-state index contributed by atoms with van der Waals surface area (Å²) in [6, 6.07) is 12.5. The predicted molar refractivity (Wildman–Crippen MR) is 114 cm³/mol. The van der Waals surface area contributed by atoms with E-state index in [9.17, 15) is 9.59 Å². The highest BCUT2D eigenvalue weighted by molar-refractivity contribution is 7.99. The van der Waals surface area contributed by atoms with E-state index in [1.165, 1.54) is 23.1 Å². The number of carbonyl (C=O) groups is 1. The van der Waals surface area contributed by atoms with E-state index in [1.54, 1.807) is 60.4 Å². The molecule has 1 amide bonds. The van der Waals surface area contributed by atoms with Gasteiger partial charge in [0, 0.05) is 11.8 Å². The fourth-order valence-electron chi connectivity index (χ4n) is 2.76. The fraction of sp³-hybridized carbons (Fsp3) is 0.150. The summed E-state index contributed by atoms with van der Waals surface area (Å²) in [5.41, 5.74) is 1.13. The topological polar surface area (TPSA) is 86.4 Å². The van der Waals surface area contributed by atoms with Gasteiger partial charge < -0.3 is 14.5 Å². The lowest BCUT2D eigenvalue weighted by Crippen LogP contribution is -2.24. The first-order chi connectivity index (χ1) is 14.1. The van der Waals surface area contributed by atoms with Gasteiger partial charge in [0.15, 0.2) is 5.16 Å². The molecule has 29 heavy (non-hydrogen) atoms. The molecule has 0 aliphatic heterocycles. The van der Waals surface area contributed by atoms with Crippen LogP contribution in [0.5, 0.6) is 5.75 Å². The van der Waals surface area contributed by atoms with Gasteiger partial charge in [0.1, 0.15) is 16.2 Å². The molecule has 0 aliphatic rings. The molecule has 0 radical (unpaired) electrons. The SMILES string of the molecule is COc1cccc(NC(=O)CSc2nc3ccsc3c(=O)n2Cc2ccco2)c1. The number of thiophene rings is 1. The number of anilines is 1. The van der Waals surface area contributed by atoms with Crippen molar-refractivity contribution in [2.24, 2.45) is 0 Å². The van der Waals surface area contributed by atoms with E-state index in [0.717, 1.165) is 0 Å². The number of benzene rings is 1. The van der Waals surface area contributed by atoms with Gasteiger partial charge in [-0.2, -0.15) is 0 Å². The lowest BCUT2D eigenvalue weighted by Gasteiger charge is -2.11. The Morgan fingerprint density at radius 2 is 2.21 bits per heavy atom. The third kappa shape index (κ3) is 4.36. The summed E-state index contributed by atoms with van der Waals surface area (Å²) in [5, 5.41) is 5.13. The van der Waals surface area contributed by atoms with Crippen LogP contribution in [-0.4, -0.2) is 28.3 Å². The van der Waals surface area contributed by atoms with Crippen LogP contribution in [0.2, 0.25) is 0 Å². The third-order valence-electron chi connectivity index (χ3n) is 4.11. The maximum absolute atomic E-state index is 12.9. The van der Waals surface area contributed by atoms with Crippen molar-refractivity contribution in [2.75, 3.05) is 18.2 Å². The number of carbonyl (C=O) groups excluding carboxylic acids is 1. The summed E-state index contributed by atoms with van der Waals surface area (Å²) >= 11 is 2.56. The Morgan fingerprint density at radius 1 is 1.31 bits per heavy atom. The predicted octanol–water partition coefficient (Wildman–Crippen LogP) is 3.84. The van der Waals surface area contributed by atoms with E-state index < -0.39 is 0 Å². The van der Waals surface area contributed by atoms with Gasteiger partial charge in [-0.25, -0.2) is 4.98 Å². The zero-order valence-corrected chi connectivity index (χ0v) is 17.1. The lowest BCUT2D eigenvalue weighted by atomic mass is 10.3. The van der Waals surface area contributed by atoms with Crippen LogP contribution in [-0.2, 0) is 11.3 Å². The molecular weight excluding hydrogens is 410 g/mol. The quantitative estimate of drug-likeness (QED) is 0.356. The minimum atomic E-state index is -0.201. The highest BCUT2D eigenvalue weighted by Crippen LogP contribution is 2.23. The third-order valence-corrected chi connectivity index (χ3v) is 5.98. The van der Waals surface area contributed by atoms with Crippen molar-refractivity contribution in [3.05, 3.63) is 70.2 Å². The van der Waals surface area contributed by atoms with E-state index >= 15 is 0 Å². The van der Waals surface area contributed by atoms with Crippen LogP contribution < -0.4 is 15.6 Å². The van der Waals surface area contributed by atoms with Crippen molar-refractivity contribution < 1.29 is 13.9 Å². The average molecular weight is 428 g/mol. The summed E-state index contributed by atoms with van der Waals surface area (Å²) in [7, 11) is 1.57. The Bertz CT molecular complexity index is 1200. The molecule has 9 heteroatoms. The maximum atomic E-state index is 12.9. The Balaban J connectivity index is 1.54.